The average molecular weight is 318 g/mol. The van der Waals surface area contributed by atoms with Crippen LogP contribution in [0, 0.1) is 0 Å². The number of nitrogens with one attached hydrogen (secondary N) is 1. The van der Waals surface area contributed by atoms with Crippen LogP contribution >= 0.6 is 0 Å². The van der Waals surface area contributed by atoms with E-state index in [1.807, 2.05) is 23.1 Å². The molecule has 5 heteroatoms. The molecule has 1 aromatic rings. The number of hydrogen-bond donors (Lipinski definition) is 1. The molecular weight excluding hydrogens is 292 g/mol. The molecule has 0 unspecified atom stereocenters. The molecule has 2 heterocycles. The molecule has 3 rings (SSSR count). The lowest BCUT2D eigenvalue weighted by atomic mass is 10.1. The van der Waals surface area contributed by atoms with Crippen LogP contribution in [0.25, 0.3) is 0 Å². The summed E-state index contributed by atoms with van der Waals surface area (Å²) < 4.78 is 11.4. The summed E-state index contributed by atoms with van der Waals surface area (Å²) in [6.07, 6.45) is 2.18. The van der Waals surface area contributed by atoms with Crippen LogP contribution in [0.4, 0.5) is 0 Å². The first-order valence-corrected chi connectivity index (χ1v) is 8.54. The van der Waals surface area contributed by atoms with Gasteiger partial charge in [0.15, 0.2) is 11.5 Å². The summed E-state index contributed by atoms with van der Waals surface area (Å²) in [5.41, 5.74) is 1.12. The number of rotatable bonds is 3. The molecule has 2 aliphatic heterocycles. The third-order valence-electron chi connectivity index (χ3n) is 4.35. The first-order valence-electron chi connectivity index (χ1n) is 8.54. The molecule has 0 saturated carbocycles. The van der Waals surface area contributed by atoms with Crippen molar-refractivity contribution in [3.63, 3.8) is 0 Å². The van der Waals surface area contributed by atoms with Crippen LogP contribution in [0.3, 0.4) is 0 Å². The zero-order valence-corrected chi connectivity index (χ0v) is 14.0. The Morgan fingerprint density at radius 3 is 2.61 bits per heavy atom. The monoisotopic (exact) mass is 318 g/mol. The molecule has 1 amide bonds. The smallest absolute Gasteiger partial charge is 0.223 e. The van der Waals surface area contributed by atoms with Gasteiger partial charge in [0.2, 0.25) is 5.91 Å². The number of benzene rings is 1. The van der Waals surface area contributed by atoms with E-state index in [0.717, 1.165) is 43.0 Å². The molecule has 1 N–H and O–H groups in total. The molecular formula is C18H26N2O3. The number of amides is 1. The number of carbonyl (C=O) groups is 1. The van der Waals surface area contributed by atoms with E-state index in [0.29, 0.717) is 31.7 Å². The van der Waals surface area contributed by atoms with Crippen LogP contribution in [-0.4, -0.2) is 49.2 Å². The lowest BCUT2D eigenvalue weighted by molar-refractivity contribution is -0.132. The zero-order chi connectivity index (χ0) is 16.2. The van der Waals surface area contributed by atoms with Gasteiger partial charge in [-0.15, -0.1) is 0 Å². The fourth-order valence-electron chi connectivity index (χ4n) is 3.30. The number of fused-ring (bicyclic) bond motifs is 1. The number of aryl methyl sites for hydroxylation is 1. The fraction of sp³-hybridized carbons (Fsp3) is 0.611. The molecule has 2 atom stereocenters. The van der Waals surface area contributed by atoms with Gasteiger partial charge in [-0.1, -0.05) is 6.07 Å². The van der Waals surface area contributed by atoms with E-state index in [2.05, 4.69) is 19.2 Å². The first kappa shape index (κ1) is 16.1. The topological polar surface area (TPSA) is 50.8 Å². The van der Waals surface area contributed by atoms with Gasteiger partial charge in [-0.3, -0.25) is 4.79 Å². The SMILES string of the molecule is C[C@@H]1CN(C(=O)CCc2ccc3c(c2)OCCCO3)C[C@@H](C)N1. The molecule has 0 radical (unpaired) electrons. The summed E-state index contributed by atoms with van der Waals surface area (Å²) in [5.74, 6) is 1.84. The minimum absolute atomic E-state index is 0.234. The Balaban J connectivity index is 1.57. The summed E-state index contributed by atoms with van der Waals surface area (Å²) >= 11 is 0. The van der Waals surface area contributed by atoms with Gasteiger partial charge < -0.3 is 19.7 Å². The van der Waals surface area contributed by atoms with E-state index in [4.69, 9.17) is 9.47 Å². The lowest BCUT2D eigenvalue weighted by Gasteiger charge is -2.36. The van der Waals surface area contributed by atoms with Gasteiger partial charge in [0.05, 0.1) is 13.2 Å². The minimum atomic E-state index is 0.234. The number of piperazine rings is 1. The third-order valence-corrected chi connectivity index (χ3v) is 4.35. The zero-order valence-electron chi connectivity index (χ0n) is 14.0. The number of hydrogen-bond acceptors (Lipinski definition) is 4. The van der Waals surface area contributed by atoms with Crippen molar-refractivity contribution in [2.45, 2.75) is 45.2 Å². The minimum Gasteiger partial charge on any atom is -0.490 e. The molecule has 5 nitrogen and oxygen atoms in total. The quantitative estimate of drug-likeness (QED) is 0.926. The lowest BCUT2D eigenvalue weighted by Crippen LogP contribution is -2.55. The maximum Gasteiger partial charge on any atom is 0.223 e. The number of nitrogens with zero attached hydrogens (tertiary/aromatic N) is 1. The molecule has 1 fully saturated rings. The predicted octanol–water partition coefficient (Wildman–Crippen LogP) is 1.99. The normalized spacial score (nSPS) is 24.2. The summed E-state index contributed by atoms with van der Waals surface area (Å²) in [6.45, 7) is 7.23. The van der Waals surface area contributed by atoms with Crippen LogP contribution in [-0.2, 0) is 11.2 Å². The van der Waals surface area contributed by atoms with E-state index in [9.17, 15) is 4.79 Å². The molecule has 1 saturated heterocycles. The van der Waals surface area contributed by atoms with E-state index in [1.165, 1.54) is 0 Å². The van der Waals surface area contributed by atoms with Crippen LogP contribution in [0.15, 0.2) is 18.2 Å². The Bertz CT molecular complexity index is 551. The van der Waals surface area contributed by atoms with Gasteiger partial charge in [-0.2, -0.15) is 0 Å². The summed E-state index contributed by atoms with van der Waals surface area (Å²) in [5, 5.41) is 3.45. The second-order valence-corrected chi connectivity index (χ2v) is 6.60. The molecule has 0 aliphatic carbocycles. The second kappa shape index (κ2) is 7.21. The first-order chi connectivity index (χ1) is 11.1. The van der Waals surface area contributed by atoms with Crippen LogP contribution in [0.2, 0.25) is 0 Å². The highest BCUT2D eigenvalue weighted by molar-refractivity contribution is 5.76. The maximum atomic E-state index is 12.4. The van der Waals surface area contributed by atoms with Gasteiger partial charge in [0.25, 0.3) is 0 Å². The Morgan fingerprint density at radius 2 is 1.87 bits per heavy atom. The number of ether oxygens (including phenoxy) is 2. The van der Waals surface area contributed by atoms with Crippen molar-refractivity contribution in [1.29, 1.82) is 0 Å². The molecule has 0 spiro atoms. The van der Waals surface area contributed by atoms with Crippen molar-refractivity contribution < 1.29 is 14.3 Å². The van der Waals surface area contributed by atoms with Crippen molar-refractivity contribution in [1.82, 2.24) is 10.2 Å². The van der Waals surface area contributed by atoms with Gasteiger partial charge in [0, 0.05) is 38.0 Å². The highest BCUT2D eigenvalue weighted by Crippen LogP contribution is 2.30. The van der Waals surface area contributed by atoms with E-state index < -0.39 is 0 Å². The summed E-state index contributed by atoms with van der Waals surface area (Å²) in [6, 6.07) is 6.72. The fourth-order valence-corrected chi connectivity index (χ4v) is 3.30. The molecule has 0 bridgehead atoms. The largest absolute Gasteiger partial charge is 0.490 e. The van der Waals surface area contributed by atoms with E-state index in [-0.39, 0.29) is 5.91 Å². The summed E-state index contributed by atoms with van der Waals surface area (Å²) in [4.78, 5) is 14.4. The van der Waals surface area contributed by atoms with Crippen molar-refractivity contribution in [2.24, 2.45) is 0 Å². The average Bonchev–Trinajstić information content (AvgIpc) is 2.76. The van der Waals surface area contributed by atoms with Crippen LogP contribution in [0.5, 0.6) is 11.5 Å². The Labute approximate surface area is 137 Å². The maximum absolute atomic E-state index is 12.4. The second-order valence-electron chi connectivity index (χ2n) is 6.60. The highest BCUT2D eigenvalue weighted by atomic mass is 16.5. The van der Waals surface area contributed by atoms with Crippen molar-refractivity contribution in [3.8, 4) is 11.5 Å². The molecule has 0 aromatic heterocycles. The molecule has 2 aliphatic rings. The van der Waals surface area contributed by atoms with Crippen LogP contribution in [0.1, 0.15) is 32.3 Å². The Morgan fingerprint density at radius 1 is 1.17 bits per heavy atom. The Hall–Kier alpha value is -1.75. The molecule has 23 heavy (non-hydrogen) atoms. The predicted molar refractivity (Wildman–Crippen MR) is 89.0 cm³/mol. The van der Waals surface area contributed by atoms with Gasteiger partial charge in [-0.05, 0) is 38.0 Å². The van der Waals surface area contributed by atoms with Crippen LogP contribution < -0.4 is 14.8 Å². The van der Waals surface area contributed by atoms with E-state index in [1.54, 1.807) is 0 Å². The van der Waals surface area contributed by atoms with Crippen molar-refractivity contribution >= 4 is 5.91 Å². The number of carbonyl (C=O) groups excluding carboxylic acids is 1. The summed E-state index contributed by atoms with van der Waals surface area (Å²) in [7, 11) is 0. The molecule has 126 valence electrons. The third kappa shape index (κ3) is 4.16. The highest BCUT2D eigenvalue weighted by Gasteiger charge is 2.24. The van der Waals surface area contributed by atoms with E-state index >= 15 is 0 Å². The van der Waals surface area contributed by atoms with Gasteiger partial charge in [-0.25, -0.2) is 0 Å². The standard InChI is InChI=1S/C18H26N2O3/c1-13-11-20(12-14(2)19-13)18(21)7-5-15-4-6-16-17(10-15)23-9-3-8-22-16/h4,6,10,13-14,19H,3,5,7-9,11-12H2,1-2H3/t13-,14-/m1/s1. The van der Waals surface area contributed by atoms with Gasteiger partial charge in [0.1, 0.15) is 0 Å². The van der Waals surface area contributed by atoms with Crippen molar-refractivity contribution in [2.75, 3.05) is 26.3 Å². The molecule has 1 aromatic carbocycles. The Kier molecular flexibility index (Phi) is 5.06. The van der Waals surface area contributed by atoms with Gasteiger partial charge >= 0.3 is 0 Å². The van der Waals surface area contributed by atoms with Crippen molar-refractivity contribution in [3.05, 3.63) is 23.8 Å².